The van der Waals surface area contributed by atoms with Crippen molar-refractivity contribution >= 4 is 0 Å². The van der Waals surface area contributed by atoms with Gasteiger partial charge in [-0.25, -0.2) is 0 Å². The average molecular weight is 100 g/mol. The molecule has 0 spiro atoms. The second-order valence-corrected chi connectivity index (χ2v) is 1.01. The Balaban J connectivity index is 3.10. The van der Waals surface area contributed by atoms with E-state index in [9.17, 15) is 0 Å². The van der Waals surface area contributed by atoms with Crippen molar-refractivity contribution in [3.63, 3.8) is 0 Å². The average Bonchev–Trinajstić information content (AvgIpc) is 1.69. The molecular weight excluding hydrogens is 92.1 g/mol. The lowest BCUT2D eigenvalue weighted by Crippen LogP contribution is -1.72. The molecule has 2 nitrogen and oxygen atoms in total. The van der Waals surface area contributed by atoms with Crippen molar-refractivity contribution in [1.29, 1.82) is 0 Å². The number of hydrogen-bond donors (Lipinski definition) is 2. The van der Waals surface area contributed by atoms with Gasteiger partial charge in [0.1, 0.15) is 6.26 Å². The molecule has 0 aromatic carbocycles. The zero-order valence-electron chi connectivity index (χ0n) is 3.96. The monoisotopic (exact) mass is 100 g/mol. The van der Waals surface area contributed by atoms with Crippen LogP contribution in [0.5, 0.6) is 0 Å². The van der Waals surface area contributed by atoms with Gasteiger partial charge in [0.2, 0.25) is 0 Å². The number of rotatable bonds is 2. The fourth-order valence-electron chi connectivity index (χ4n) is 0.201. The molecule has 0 aliphatic carbocycles. The summed E-state index contributed by atoms with van der Waals surface area (Å²) in [6.07, 6.45) is 2.92. The maximum absolute atomic E-state index is 8.13. The van der Waals surface area contributed by atoms with Crippen LogP contribution in [0.25, 0.3) is 0 Å². The van der Waals surface area contributed by atoms with Crippen molar-refractivity contribution in [2.45, 2.75) is 6.42 Å². The van der Waals surface area contributed by atoms with Crippen LogP contribution in [0.4, 0.5) is 0 Å². The molecule has 0 unspecified atom stereocenters. The Morgan fingerprint density at radius 3 is 2.71 bits per heavy atom. The molecular formula is C5H8O2. The first-order chi connectivity index (χ1) is 3.41. The highest BCUT2D eigenvalue weighted by Gasteiger charge is 1.66. The molecule has 0 rings (SSSR count). The van der Waals surface area contributed by atoms with Gasteiger partial charge in [-0.05, 0) is 12.5 Å². The lowest BCUT2D eigenvalue weighted by atomic mass is 10.4. The summed E-state index contributed by atoms with van der Waals surface area (Å²) in [4.78, 5) is 0. The van der Waals surface area contributed by atoms with Crippen LogP contribution in [0.1, 0.15) is 6.42 Å². The lowest BCUT2D eigenvalue weighted by Gasteiger charge is -1.74. The second kappa shape index (κ2) is 5.28. The third-order valence-electron chi connectivity index (χ3n) is 0.466. The van der Waals surface area contributed by atoms with E-state index in [0.29, 0.717) is 6.42 Å². The van der Waals surface area contributed by atoms with E-state index in [-0.39, 0.29) is 6.61 Å². The molecule has 2 heteroatoms. The molecule has 0 radical (unpaired) electrons. The fourth-order valence-corrected chi connectivity index (χ4v) is 0.201. The van der Waals surface area contributed by atoms with Crippen LogP contribution in [0, 0.1) is 0 Å². The summed E-state index contributed by atoms with van der Waals surface area (Å²) in [6.45, 7) is 0.112. The molecule has 7 heavy (non-hydrogen) atoms. The Hall–Kier alpha value is -0.720. The number of aliphatic hydroxyl groups is 2. The van der Waals surface area contributed by atoms with E-state index in [2.05, 4.69) is 5.73 Å². The van der Waals surface area contributed by atoms with E-state index in [0.717, 1.165) is 6.26 Å². The van der Waals surface area contributed by atoms with E-state index in [1.807, 2.05) is 0 Å². The number of aliphatic hydroxyl groups excluding tert-OH is 2. The molecule has 0 heterocycles. The minimum Gasteiger partial charge on any atom is -0.507 e. The van der Waals surface area contributed by atoms with Gasteiger partial charge in [0.25, 0.3) is 0 Å². The fraction of sp³-hybridized carbons (Fsp3) is 0.400. The van der Waals surface area contributed by atoms with Gasteiger partial charge in [0.15, 0.2) is 0 Å². The molecule has 0 saturated heterocycles. The van der Waals surface area contributed by atoms with Gasteiger partial charge in [0, 0.05) is 6.61 Å². The summed E-state index contributed by atoms with van der Waals surface area (Å²) in [6, 6.07) is 0. The predicted molar refractivity (Wildman–Crippen MR) is 27.0 cm³/mol. The summed E-state index contributed by atoms with van der Waals surface area (Å²) in [5, 5.41) is 16.1. The highest BCUT2D eigenvalue weighted by atomic mass is 16.3. The molecule has 0 saturated carbocycles. The molecule has 0 amide bonds. The smallest absolute Gasteiger partial charge is 0.121 e. The van der Waals surface area contributed by atoms with Crippen LogP contribution in [0.3, 0.4) is 0 Å². The first-order valence-electron chi connectivity index (χ1n) is 2.06. The molecule has 2 N–H and O–H groups in total. The number of hydrogen-bond acceptors (Lipinski definition) is 2. The van der Waals surface area contributed by atoms with E-state index in [1.54, 1.807) is 6.08 Å². The molecule has 0 bridgehead atoms. The summed E-state index contributed by atoms with van der Waals surface area (Å²) < 4.78 is 0. The maximum atomic E-state index is 8.13. The Labute approximate surface area is 42.4 Å². The predicted octanol–water partition coefficient (Wildman–Crippen LogP) is 0.596. The highest BCUT2D eigenvalue weighted by Crippen LogP contribution is 1.73. The van der Waals surface area contributed by atoms with Crippen molar-refractivity contribution < 1.29 is 10.2 Å². The van der Waals surface area contributed by atoms with Gasteiger partial charge in [-0.1, -0.05) is 5.73 Å². The Kier molecular flexibility index (Phi) is 4.74. The minimum atomic E-state index is 0.112. The van der Waals surface area contributed by atoms with Crippen LogP contribution in [0.15, 0.2) is 18.1 Å². The molecule has 40 valence electrons. The third-order valence-corrected chi connectivity index (χ3v) is 0.466. The standard InChI is InChI=1S/C5H8O2/c6-4-2-1-3-5-7/h1,5-7H,2,4H2. The first kappa shape index (κ1) is 6.28. The van der Waals surface area contributed by atoms with Crippen LogP contribution < -0.4 is 0 Å². The molecule has 0 aliphatic heterocycles. The Morgan fingerprint density at radius 2 is 2.29 bits per heavy atom. The molecule has 0 aromatic heterocycles. The lowest BCUT2D eigenvalue weighted by molar-refractivity contribution is 0.302. The summed E-state index contributed by atoms with van der Waals surface area (Å²) in [7, 11) is 0. The second-order valence-electron chi connectivity index (χ2n) is 1.01. The van der Waals surface area contributed by atoms with Crippen molar-refractivity contribution in [2.24, 2.45) is 0 Å². The van der Waals surface area contributed by atoms with Crippen LogP contribution >= 0.6 is 0 Å². The zero-order valence-corrected chi connectivity index (χ0v) is 3.96. The molecule has 0 aliphatic rings. The van der Waals surface area contributed by atoms with Gasteiger partial charge in [-0.3, -0.25) is 0 Å². The quantitative estimate of drug-likeness (QED) is 0.394. The minimum absolute atomic E-state index is 0.112. The highest BCUT2D eigenvalue weighted by molar-refractivity contribution is 4.77. The Bertz CT molecular complexity index is 80.1. The Morgan fingerprint density at radius 1 is 1.57 bits per heavy atom. The van der Waals surface area contributed by atoms with Gasteiger partial charge in [-0.2, -0.15) is 0 Å². The van der Waals surface area contributed by atoms with E-state index in [1.165, 1.54) is 0 Å². The van der Waals surface area contributed by atoms with E-state index in [4.69, 9.17) is 10.2 Å². The van der Waals surface area contributed by atoms with Crippen molar-refractivity contribution in [3.8, 4) is 0 Å². The van der Waals surface area contributed by atoms with Gasteiger partial charge in [0.05, 0.1) is 0 Å². The SMILES string of the molecule is OC=C=CCCO. The summed E-state index contributed by atoms with van der Waals surface area (Å²) in [5.41, 5.74) is 2.39. The maximum Gasteiger partial charge on any atom is 0.121 e. The molecule has 0 aromatic rings. The zero-order chi connectivity index (χ0) is 5.54. The van der Waals surface area contributed by atoms with Gasteiger partial charge < -0.3 is 10.2 Å². The van der Waals surface area contributed by atoms with E-state index < -0.39 is 0 Å². The topological polar surface area (TPSA) is 40.5 Å². The molecule has 0 fully saturated rings. The van der Waals surface area contributed by atoms with Crippen LogP contribution in [-0.4, -0.2) is 16.8 Å². The van der Waals surface area contributed by atoms with Crippen molar-refractivity contribution in [1.82, 2.24) is 0 Å². The van der Waals surface area contributed by atoms with E-state index >= 15 is 0 Å². The first-order valence-corrected chi connectivity index (χ1v) is 2.06. The van der Waals surface area contributed by atoms with Gasteiger partial charge in [-0.15, -0.1) is 0 Å². The summed E-state index contributed by atoms with van der Waals surface area (Å²) >= 11 is 0. The third kappa shape index (κ3) is 5.28. The molecule has 0 atom stereocenters. The van der Waals surface area contributed by atoms with Gasteiger partial charge >= 0.3 is 0 Å². The largest absolute Gasteiger partial charge is 0.507 e. The normalized spacial score (nSPS) is 7.00. The van der Waals surface area contributed by atoms with Crippen molar-refractivity contribution in [3.05, 3.63) is 18.1 Å². The summed E-state index contributed by atoms with van der Waals surface area (Å²) in [5.74, 6) is 0. The van der Waals surface area contributed by atoms with Crippen molar-refractivity contribution in [2.75, 3.05) is 6.61 Å². The van der Waals surface area contributed by atoms with Crippen LogP contribution in [-0.2, 0) is 0 Å². The van der Waals surface area contributed by atoms with Crippen LogP contribution in [0.2, 0.25) is 0 Å².